The molecular formula is C14H16N2O2S. The van der Waals surface area contributed by atoms with E-state index in [0.29, 0.717) is 12.3 Å². The van der Waals surface area contributed by atoms with Crippen molar-refractivity contribution in [2.75, 3.05) is 18.1 Å². The molecule has 1 aromatic carbocycles. The molecule has 2 rings (SSSR count). The highest BCUT2D eigenvalue weighted by Gasteiger charge is 2.21. The number of hydrogen-bond donors (Lipinski definition) is 0. The monoisotopic (exact) mass is 276 g/mol. The van der Waals surface area contributed by atoms with Crippen molar-refractivity contribution in [3.63, 3.8) is 0 Å². The van der Waals surface area contributed by atoms with Crippen LogP contribution in [0.1, 0.15) is 24.3 Å². The highest BCUT2D eigenvalue weighted by Crippen LogP contribution is 2.32. The Labute approximate surface area is 116 Å². The van der Waals surface area contributed by atoms with Gasteiger partial charge in [-0.05, 0) is 26.0 Å². The van der Waals surface area contributed by atoms with Crippen molar-refractivity contribution in [2.45, 2.75) is 13.8 Å². The van der Waals surface area contributed by atoms with Crippen LogP contribution in [0, 0.1) is 0 Å². The lowest BCUT2D eigenvalue weighted by molar-refractivity contribution is 0.0521. The van der Waals surface area contributed by atoms with Crippen LogP contribution in [0.2, 0.25) is 0 Å². The van der Waals surface area contributed by atoms with E-state index in [-0.39, 0.29) is 5.97 Å². The zero-order chi connectivity index (χ0) is 13.7. The van der Waals surface area contributed by atoms with E-state index in [1.54, 1.807) is 12.4 Å². The number of thiazole rings is 1. The molecule has 1 heterocycles. The number of esters is 1. The molecule has 0 atom stereocenters. The summed E-state index contributed by atoms with van der Waals surface area (Å²) < 4.78 is 5.04. The molecule has 0 aliphatic carbocycles. The fourth-order valence-electron chi connectivity index (χ4n) is 1.82. The molecule has 0 spiro atoms. The first-order valence-electron chi connectivity index (χ1n) is 6.21. The van der Waals surface area contributed by atoms with E-state index in [1.165, 1.54) is 11.3 Å². The minimum atomic E-state index is -0.367. The van der Waals surface area contributed by atoms with Gasteiger partial charge >= 0.3 is 5.97 Å². The van der Waals surface area contributed by atoms with Gasteiger partial charge in [0.05, 0.1) is 12.1 Å². The molecule has 19 heavy (non-hydrogen) atoms. The van der Waals surface area contributed by atoms with Crippen molar-refractivity contribution in [3.8, 4) is 0 Å². The first kappa shape index (κ1) is 13.5. The number of aromatic nitrogens is 1. The lowest BCUT2D eigenvalue weighted by atomic mass is 10.3. The molecule has 0 aliphatic rings. The van der Waals surface area contributed by atoms with Gasteiger partial charge in [0.2, 0.25) is 0 Å². The normalized spacial score (nSPS) is 10.2. The average Bonchev–Trinajstić information content (AvgIpc) is 2.90. The maximum Gasteiger partial charge on any atom is 0.360 e. The summed E-state index contributed by atoms with van der Waals surface area (Å²) >= 11 is 1.45. The number of anilines is 2. The maximum atomic E-state index is 11.9. The second-order valence-electron chi connectivity index (χ2n) is 3.81. The molecule has 0 unspecified atom stereocenters. The van der Waals surface area contributed by atoms with Gasteiger partial charge in [-0.15, -0.1) is 11.3 Å². The van der Waals surface area contributed by atoms with Gasteiger partial charge in [0, 0.05) is 12.2 Å². The summed E-state index contributed by atoms with van der Waals surface area (Å²) in [5.41, 5.74) is 3.10. The van der Waals surface area contributed by atoms with Crippen LogP contribution in [0.5, 0.6) is 0 Å². The van der Waals surface area contributed by atoms with E-state index < -0.39 is 0 Å². The third-order valence-corrected chi connectivity index (χ3v) is 3.49. The summed E-state index contributed by atoms with van der Waals surface area (Å²) in [5.74, 6) is -0.367. The summed E-state index contributed by atoms with van der Waals surface area (Å²) in [7, 11) is 0. The second-order valence-corrected chi connectivity index (χ2v) is 4.64. The zero-order valence-electron chi connectivity index (χ0n) is 11.0. The molecule has 100 valence electrons. The number of ether oxygens (including phenoxy) is 1. The Morgan fingerprint density at radius 1 is 1.32 bits per heavy atom. The molecule has 0 bridgehead atoms. The number of carbonyl (C=O) groups is 1. The van der Waals surface area contributed by atoms with Crippen LogP contribution < -0.4 is 4.90 Å². The largest absolute Gasteiger partial charge is 0.461 e. The van der Waals surface area contributed by atoms with Crippen LogP contribution in [-0.2, 0) is 4.74 Å². The first-order chi connectivity index (χ1) is 9.27. The van der Waals surface area contributed by atoms with E-state index in [9.17, 15) is 4.79 Å². The highest BCUT2D eigenvalue weighted by atomic mass is 32.1. The highest BCUT2D eigenvalue weighted by molar-refractivity contribution is 7.14. The predicted octanol–water partition coefficient (Wildman–Crippen LogP) is 3.48. The maximum absolute atomic E-state index is 11.9. The predicted molar refractivity (Wildman–Crippen MR) is 77.2 cm³/mol. The molecule has 0 saturated heterocycles. The quantitative estimate of drug-likeness (QED) is 0.784. The topological polar surface area (TPSA) is 42.4 Å². The average molecular weight is 276 g/mol. The van der Waals surface area contributed by atoms with Crippen molar-refractivity contribution in [1.29, 1.82) is 0 Å². The third kappa shape index (κ3) is 2.93. The minimum Gasteiger partial charge on any atom is -0.461 e. The smallest absolute Gasteiger partial charge is 0.360 e. The first-order valence-corrected chi connectivity index (χ1v) is 7.09. The van der Waals surface area contributed by atoms with Gasteiger partial charge in [-0.1, -0.05) is 18.2 Å². The summed E-state index contributed by atoms with van der Waals surface area (Å²) in [5, 5.41) is 0.826. The lowest BCUT2D eigenvalue weighted by Crippen LogP contribution is -2.18. The van der Waals surface area contributed by atoms with Gasteiger partial charge in [-0.3, -0.25) is 0 Å². The fourth-order valence-corrected chi connectivity index (χ4v) is 2.69. The van der Waals surface area contributed by atoms with Gasteiger partial charge in [0.15, 0.2) is 5.69 Å². The number of nitrogens with zero attached hydrogens (tertiary/aromatic N) is 2. The molecule has 4 nitrogen and oxygen atoms in total. The molecule has 0 amide bonds. The van der Waals surface area contributed by atoms with Crippen molar-refractivity contribution in [2.24, 2.45) is 0 Å². The zero-order valence-corrected chi connectivity index (χ0v) is 11.8. The molecule has 0 N–H and O–H groups in total. The van der Waals surface area contributed by atoms with Gasteiger partial charge < -0.3 is 9.64 Å². The Balaban J connectivity index is 2.35. The number of rotatable bonds is 5. The Hall–Kier alpha value is -1.88. The molecule has 0 saturated carbocycles. The van der Waals surface area contributed by atoms with Crippen LogP contribution in [0.3, 0.4) is 0 Å². The van der Waals surface area contributed by atoms with Crippen LogP contribution >= 0.6 is 11.3 Å². The van der Waals surface area contributed by atoms with Crippen LogP contribution in [-0.4, -0.2) is 24.1 Å². The number of hydrogen-bond acceptors (Lipinski definition) is 5. The molecule has 0 radical (unpaired) electrons. The van der Waals surface area contributed by atoms with Crippen molar-refractivity contribution < 1.29 is 9.53 Å². The summed E-state index contributed by atoms with van der Waals surface area (Å²) in [6.07, 6.45) is 0. The number of para-hydroxylation sites is 1. The Kier molecular flexibility index (Phi) is 4.52. The van der Waals surface area contributed by atoms with Crippen molar-refractivity contribution in [1.82, 2.24) is 4.98 Å². The molecule has 0 fully saturated rings. The standard InChI is InChI=1S/C14H16N2O2S/c1-3-16(11-8-6-5-7-9-11)13-12(15-10-19-13)14(17)18-4-2/h5-10H,3-4H2,1-2H3. The van der Waals surface area contributed by atoms with Gasteiger partial charge in [-0.2, -0.15) is 0 Å². The van der Waals surface area contributed by atoms with E-state index in [1.807, 2.05) is 37.3 Å². The Bertz CT molecular complexity index is 539. The molecule has 1 aromatic heterocycles. The van der Waals surface area contributed by atoms with Crippen LogP contribution in [0.15, 0.2) is 35.8 Å². The van der Waals surface area contributed by atoms with Gasteiger partial charge in [-0.25, -0.2) is 9.78 Å². The third-order valence-electron chi connectivity index (χ3n) is 2.65. The van der Waals surface area contributed by atoms with Crippen LogP contribution in [0.25, 0.3) is 0 Å². The molecule has 5 heteroatoms. The van der Waals surface area contributed by atoms with Crippen LogP contribution in [0.4, 0.5) is 10.7 Å². The van der Waals surface area contributed by atoms with Crippen molar-refractivity contribution in [3.05, 3.63) is 41.5 Å². The summed E-state index contributed by atoms with van der Waals surface area (Å²) in [6.45, 7) is 4.95. The summed E-state index contributed by atoms with van der Waals surface area (Å²) in [4.78, 5) is 18.1. The Morgan fingerprint density at radius 2 is 2.05 bits per heavy atom. The lowest BCUT2D eigenvalue weighted by Gasteiger charge is -2.21. The SMILES string of the molecule is CCOC(=O)c1ncsc1N(CC)c1ccccc1. The van der Waals surface area contributed by atoms with Gasteiger partial charge in [0.25, 0.3) is 0 Å². The van der Waals surface area contributed by atoms with E-state index in [0.717, 1.165) is 17.2 Å². The second kappa shape index (κ2) is 6.33. The fraction of sp³-hybridized carbons (Fsp3) is 0.286. The summed E-state index contributed by atoms with van der Waals surface area (Å²) in [6, 6.07) is 9.94. The number of benzene rings is 1. The number of carbonyl (C=O) groups excluding carboxylic acids is 1. The Morgan fingerprint density at radius 3 is 2.68 bits per heavy atom. The van der Waals surface area contributed by atoms with E-state index in [2.05, 4.69) is 9.88 Å². The molecule has 2 aromatic rings. The van der Waals surface area contributed by atoms with E-state index in [4.69, 9.17) is 4.74 Å². The molecule has 0 aliphatic heterocycles. The van der Waals surface area contributed by atoms with Crippen molar-refractivity contribution >= 4 is 28.0 Å². The van der Waals surface area contributed by atoms with Gasteiger partial charge in [0.1, 0.15) is 5.00 Å². The minimum absolute atomic E-state index is 0.354. The van der Waals surface area contributed by atoms with E-state index >= 15 is 0 Å². The molecular weight excluding hydrogens is 260 g/mol.